The van der Waals surface area contributed by atoms with Crippen molar-refractivity contribution in [2.24, 2.45) is 0 Å². The van der Waals surface area contributed by atoms with Crippen molar-refractivity contribution >= 4 is 22.7 Å². The van der Waals surface area contributed by atoms with Crippen LogP contribution in [0.4, 0.5) is 0 Å². The van der Waals surface area contributed by atoms with Gasteiger partial charge in [0, 0.05) is 5.39 Å². The fraction of sp³-hybridized carbons (Fsp3) is 0.150. The van der Waals surface area contributed by atoms with E-state index in [1.807, 2.05) is 30.3 Å². The number of fused-ring (bicyclic) bond motifs is 2. The van der Waals surface area contributed by atoms with Gasteiger partial charge in [0.2, 0.25) is 0 Å². The summed E-state index contributed by atoms with van der Waals surface area (Å²) in [5, 5.41) is 11.1. The lowest BCUT2D eigenvalue weighted by molar-refractivity contribution is 0.0456. The average molecular weight is 348 g/mol. The number of hydrogen-bond acceptors (Lipinski definition) is 5. The highest BCUT2D eigenvalue weighted by Crippen LogP contribution is 2.23. The fourth-order valence-corrected chi connectivity index (χ4v) is 2.99. The molecule has 130 valence electrons. The molecule has 0 saturated carbocycles. The highest BCUT2D eigenvalue weighted by Gasteiger charge is 2.36. The first kappa shape index (κ1) is 16.2. The van der Waals surface area contributed by atoms with Gasteiger partial charge in [-0.05, 0) is 24.3 Å². The van der Waals surface area contributed by atoms with Crippen LogP contribution in [0.1, 0.15) is 20.7 Å². The zero-order valence-corrected chi connectivity index (χ0v) is 13.8. The van der Waals surface area contributed by atoms with Crippen molar-refractivity contribution in [1.29, 1.82) is 0 Å². The number of ether oxygens (including phenoxy) is 1. The molecule has 1 atom stereocenters. The van der Waals surface area contributed by atoms with Crippen molar-refractivity contribution in [2.45, 2.75) is 6.10 Å². The van der Waals surface area contributed by atoms with Crippen LogP contribution in [0.2, 0.25) is 0 Å². The second-order valence-corrected chi connectivity index (χ2v) is 6.10. The normalized spacial score (nSPS) is 14.6. The van der Waals surface area contributed by atoms with Crippen molar-refractivity contribution in [3.63, 3.8) is 0 Å². The Morgan fingerprint density at radius 2 is 1.65 bits per heavy atom. The Labute approximate surface area is 149 Å². The number of hydrogen-bond donors (Lipinski definition) is 1. The molecule has 3 aromatic rings. The molecular formula is C20H16N2O4. The lowest BCUT2D eigenvalue weighted by Gasteiger charge is -2.18. The van der Waals surface area contributed by atoms with Gasteiger partial charge in [0.15, 0.2) is 0 Å². The number of pyridine rings is 1. The first-order valence-corrected chi connectivity index (χ1v) is 8.24. The summed E-state index contributed by atoms with van der Waals surface area (Å²) >= 11 is 0. The van der Waals surface area contributed by atoms with Crippen molar-refractivity contribution in [2.75, 3.05) is 13.2 Å². The van der Waals surface area contributed by atoms with E-state index in [-0.39, 0.29) is 13.2 Å². The Morgan fingerprint density at radius 1 is 1.00 bits per heavy atom. The van der Waals surface area contributed by atoms with Gasteiger partial charge in [-0.15, -0.1) is 0 Å². The van der Waals surface area contributed by atoms with Gasteiger partial charge in [-0.3, -0.25) is 19.5 Å². The Bertz CT molecular complexity index is 967. The maximum absolute atomic E-state index is 12.3. The smallest absolute Gasteiger partial charge is 0.261 e. The first-order chi connectivity index (χ1) is 12.6. The Morgan fingerprint density at radius 3 is 2.38 bits per heavy atom. The molecule has 1 N–H and O–H groups in total. The van der Waals surface area contributed by atoms with Gasteiger partial charge < -0.3 is 9.84 Å². The minimum absolute atomic E-state index is 0.0482. The van der Waals surface area contributed by atoms with Crippen LogP contribution in [0.5, 0.6) is 5.75 Å². The summed E-state index contributed by atoms with van der Waals surface area (Å²) in [6, 6.07) is 16.1. The van der Waals surface area contributed by atoms with E-state index in [9.17, 15) is 14.7 Å². The minimum Gasteiger partial charge on any atom is -0.489 e. The number of carbonyl (C=O) groups is 2. The largest absolute Gasteiger partial charge is 0.489 e. The van der Waals surface area contributed by atoms with E-state index in [0.29, 0.717) is 16.9 Å². The van der Waals surface area contributed by atoms with Gasteiger partial charge in [0.05, 0.1) is 29.4 Å². The third-order valence-electron chi connectivity index (χ3n) is 4.28. The second-order valence-electron chi connectivity index (χ2n) is 6.10. The number of aliphatic hydroxyl groups excluding tert-OH is 1. The van der Waals surface area contributed by atoms with E-state index in [1.165, 1.54) is 0 Å². The number of rotatable bonds is 5. The molecule has 0 aliphatic carbocycles. The van der Waals surface area contributed by atoms with E-state index in [4.69, 9.17) is 4.74 Å². The Kier molecular flexibility index (Phi) is 4.10. The average Bonchev–Trinajstić information content (AvgIpc) is 2.91. The molecule has 1 aromatic heterocycles. The lowest BCUT2D eigenvalue weighted by atomic mass is 10.1. The number of para-hydroxylation sites is 1. The van der Waals surface area contributed by atoms with E-state index in [0.717, 1.165) is 15.8 Å². The number of carbonyl (C=O) groups excluding carboxylic acids is 2. The van der Waals surface area contributed by atoms with E-state index in [2.05, 4.69) is 4.98 Å². The van der Waals surface area contributed by atoms with Gasteiger partial charge in [0.1, 0.15) is 18.5 Å². The number of amides is 2. The molecule has 1 aliphatic heterocycles. The maximum atomic E-state index is 12.3. The molecule has 4 rings (SSSR count). The maximum Gasteiger partial charge on any atom is 0.261 e. The number of β-amino-alcohol motifs (C(OH)–C–C–N with tert-alkyl or cyclic N) is 1. The molecule has 1 aliphatic rings. The molecule has 2 heterocycles. The highest BCUT2D eigenvalue weighted by molar-refractivity contribution is 6.21. The van der Waals surface area contributed by atoms with Crippen LogP contribution in [0.15, 0.2) is 60.8 Å². The lowest BCUT2D eigenvalue weighted by Crippen LogP contribution is -2.39. The number of aromatic nitrogens is 1. The summed E-state index contributed by atoms with van der Waals surface area (Å²) in [4.78, 5) is 30.0. The van der Waals surface area contributed by atoms with E-state index < -0.39 is 17.9 Å². The van der Waals surface area contributed by atoms with Crippen molar-refractivity contribution in [1.82, 2.24) is 9.88 Å². The molecule has 2 aromatic carbocycles. The molecule has 0 saturated heterocycles. The summed E-state index contributed by atoms with van der Waals surface area (Å²) in [6.45, 7) is -0.166. The number of aliphatic hydroxyl groups is 1. The zero-order valence-electron chi connectivity index (χ0n) is 13.8. The van der Waals surface area contributed by atoms with Crippen LogP contribution < -0.4 is 4.74 Å². The molecule has 6 heteroatoms. The number of benzene rings is 2. The molecule has 0 bridgehead atoms. The van der Waals surface area contributed by atoms with Gasteiger partial charge in [-0.25, -0.2) is 0 Å². The predicted molar refractivity (Wildman–Crippen MR) is 95.1 cm³/mol. The van der Waals surface area contributed by atoms with Crippen LogP contribution in [-0.4, -0.2) is 46.1 Å². The molecule has 2 amide bonds. The molecule has 26 heavy (non-hydrogen) atoms. The van der Waals surface area contributed by atoms with Crippen molar-refractivity contribution in [3.05, 3.63) is 71.9 Å². The quantitative estimate of drug-likeness (QED) is 0.716. The zero-order chi connectivity index (χ0) is 18.1. The van der Waals surface area contributed by atoms with Crippen LogP contribution in [-0.2, 0) is 0 Å². The molecule has 6 nitrogen and oxygen atoms in total. The van der Waals surface area contributed by atoms with Gasteiger partial charge in [-0.2, -0.15) is 0 Å². The van der Waals surface area contributed by atoms with Gasteiger partial charge >= 0.3 is 0 Å². The van der Waals surface area contributed by atoms with Crippen LogP contribution >= 0.6 is 0 Å². The predicted octanol–water partition coefficient (Wildman–Crippen LogP) is 2.27. The molecule has 0 radical (unpaired) electrons. The summed E-state index contributed by atoms with van der Waals surface area (Å²) in [5.74, 6) is -0.265. The molecule has 0 spiro atoms. The first-order valence-electron chi connectivity index (χ1n) is 8.24. The van der Waals surface area contributed by atoms with Crippen LogP contribution in [0.25, 0.3) is 10.9 Å². The standard InChI is InChI=1S/C20H16N2O4/c23-14(11-22-19(24)16-6-2-3-7-17(16)20(22)25)12-26-15-9-13-5-1-4-8-18(13)21-10-15/h1-10,14,23H,11-12H2/t14-/m1/s1. The summed E-state index contributed by atoms with van der Waals surface area (Å²) in [5.41, 5.74) is 1.58. The summed E-state index contributed by atoms with van der Waals surface area (Å²) in [7, 11) is 0. The molecular weight excluding hydrogens is 332 g/mol. The van der Waals surface area contributed by atoms with E-state index in [1.54, 1.807) is 30.5 Å². The van der Waals surface area contributed by atoms with Crippen molar-refractivity contribution in [3.8, 4) is 5.75 Å². The third-order valence-corrected chi connectivity index (χ3v) is 4.28. The van der Waals surface area contributed by atoms with E-state index >= 15 is 0 Å². The van der Waals surface area contributed by atoms with Crippen molar-refractivity contribution < 1.29 is 19.4 Å². The number of nitrogens with zero attached hydrogens (tertiary/aromatic N) is 2. The van der Waals surface area contributed by atoms with Gasteiger partial charge in [-0.1, -0.05) is 30.3 Å². The minimum atomic E-state index is -0.997. The Balaban J connectivity index is 1.40. The highest BCUT2D eigenvalue weighted by atomic mass is 16.5. The fourth-order valence-electron chi connectivity index (χ4n) is 2.99. The summed E-state index contributed by atoms with van der Waals surface area (Å²) in [6.07, 6.45) is 0.584. The number of imide groups is 1. The Hall–Kier alpha value is -3.25. The van der Waals surface area contributed by atoms with Gasteiger partial charge in [0.25, 0.3) is 11.8 Å². The molecule has 0 unspecified atom stereocenters. The molecule has 0 fully saturated rings. The monoisotopic (exact) mass is 348 g/mol. The topological polar surface area (TPSA) is 79.7 Å². The third kappa shape index (κ3) is 2.91. The van der Waals surface area contributed by atoms with Crippen LogP contribution in [0, 0.1) is 0 Å². The summed E-state index contributed by atoms with van der Waals surface area (Å²) < 4.78 is 5.57. The SMILES string of the molecule is O=C1c2ccccc2C(=O)N1C[C@@H](O)COc1cnc2ccccc2c1. The van der Waals surface area contributed by atoms with Crippen LogP contribution in [0.3, 0.4) is 0 Å². The second kappa shape index (κ2) is 6.57.